The van der Waals surface area contributed by atoms with Crippen LogP contribution >= 0.6 is 0 Å². The molecular formula is C14H25NO2Si. The van der Waals surface area contributed by atoms with Crippen molar-refractivity contribution < 1.29 is 9.16 Å². The number of para-hydroxylation sites is 2. The van der Waals surface area contributed by atoms with Crippen molar-refractivity contribution >= 4 is 14.0 Å². The predicted molar refractivity (Wildman–Crippen MR) is 79.5 cm³/mol. The molecule has 18 heavy (non-hydrogen) atoms. The summed E-state index contributed by atoms with van der Waals surface area (Å²) in [4.78, 5) is 0. The molecule has 2 N–H and O–H groups in total. The van der Waals surface area contributed by atoms with Crippen LogP contribution in [0.1, 0.15) is 20.8 Å². The summed E-state index contributed by atoms with van der Waals surface area (Å²) >= 11 is 0. The molecule has 0 amide bonds. The molecule has 0 spiro atoms. The maximum absolute atomic E-state index is 6.03. The molecule has 0 unspecified atom stereocenters. The number of ether oxygens (including phenoxy) is 1. The van der Waals surface area contributed by atoms with Gasteiger partial charge in [0.05, 0.1) is 12.3 Å². The molecule has 1 rings (SSSR count). The van der Waals surface area contributed by atoms with Crippen LogP contribution in [0, 0.1) is 0 Å². The molecule has 0 aliphatic carbocycles. The van der Waals surface area contributed by atoms with Gasteiger partial charge in [0.2, 0.25) is 0 Å². The number of rotatable bonds is 5. The molecule has 0 atom stereocenters. The van der Waals surface area contributed by atoms with Crippen LogP contribution in [0.4, 0.5) is 5.69 Å². The molecule has 1 aromatic rings. The van der Waals surface area contributed by atoms with Crippen LogP contribution in [-0.4, -0.2) is 21.5 Å². The van der Waals surface area contributed by atoms with Crippen LogP contribution in [0.2, 0.25) is 18.1 Å². The van der Waals surface area contributed by atoms with E-state index in [9.17, 15) is 0 Å². The van der Waals surface area contributed by atoms with Crippen molar-refractivity contribution in [2.45, 2.75) is 38.9 Å². The fourth-order valence-corrected chi connectivity index (χ4v) is 2.30. The summed E-state index contributed by atoms with van der Waals surface area (Å²) in [6, 6.07) is 7.53. The molecule has 0 saturated heterocycles. The first-order valence-electron chi connectivity index (χ1n) is 6.35. The van der Waals surface area contributed by atoms with Crippen molar-refractivity contribution in [3.8, 4) is 5.75 Å². The first-order valence-corrected chi connectivity index (χ1v) is 9.26. The van der Waals surface area contributed by atoms with E-state index in [1.807, 2.05) is 24.3 Å². The first kappa shape index (κ1) is 15.1. The Hall–Kier alpha value is -1.00. The van der Waals surface area contributed by atoms with Crippen LogP contribution in [-0.2, 0) is 4.43 Å². The molecule has 0 bridgehead atoms. The molecule has 1 aromatic carbocycles. The Balaban J connectivity index is 2.38. The van der Waals surface area contributed by atoms with E-state index in [1.165, 1.54) is 0 Å². The molecule has 0 radical (unpaired) electrons. The minimum atomic E-state index is -1.67. The van der Waals surface area contributed by atoms with Crippen molar-refractivity contribution in [3.05, 3.63) is 24.3 Å². The lowest BCUT2D eigenvalue weighted by Crippen LogP contribution is -2.41. The van der Waals surface area contributed by atoms with E-state index in [1.54, 1.807) is 0 Å². The van der Waals surface area contributed by atoms with Gasteiger partial charge in [0, 0.05) is 0 Å². The summed E-state index contributed by atoms with van der Waals surface area (Å²) in [5.41, 5.74) is 6.47. The molecule has 4 heteroatoms. The highest BCUT2D eigenvalue weighted by Gasteiger charge is 2.36. The standard InChI is InChI=1S/C14H25NO2Si/c1-14(2,3)18(4,5)17-11-10-16-13-9-7-6-8-12(13)15/h6-9H,10-11,15H2,1-5H3. The second-order valence-electron chi connectivity index (χ2n) is 6.00. The number of nitrogen functional groups attached to an aromatic ring is 1. The topological polar surface area (TPSA) is 44.5 Å². The van der Waals surface area contributed by atoms with Crippen LogP contribution in [0.25, 0.3) is 0 Å². The molecule has 0 aromatic heterocycles. The van der Waals surface area contributed by atoms with Crippen molar-refractivity contribution in [1.29, 1.82) is 0 Å². The van der Waals surface area contributed by atoms with Crippen molar-refractivity contribution in [2.24, 2.45) is 0 Å². The van der Waals surface area contributed by atoms with E-state index >= 15 is 0 Å². The molecule has 102 valence electrons. The van der Waals surface area contributed by atoms with Gasteiger partial charge in [-0.15, -0.1) is 0 Å². The Labute approximate surface area is 111 Å². The third kappa shape index (κ3) is 4.03. The predicted octanol–water partition coefficient (Wildman–Crippen LogP) is 3.67. The lowest BCUT2D eigenvalue weighted by Gasteiger charge is -2.36. The fourth-order valence-electron chi connectivity index (χ4n) is 1.28. The molecular weight excluding hydrogens is 242 g/mol. The lowest BCUT2D eigenvalue weighted by atomic mass is 10.2. The molecule has 0 aliphatic heterocycles. The summed E-state index contributed by atoms with van der Waals surface area (Å²) in [6.07, 6.45) is 0. The Morgan fingerprint density at radius 3 is 2.28 bits per heavy atom. The fraction of sp³-hybridized carbons (Fsp3) is 0.571. The minimum Gasteiger partial charge on any atom is -0.489 e. The zero-order valence-electron chi connectivity index (χ0n) is 12.1. The zero-order chi connectivity index (χ0) is 13.8. The monoisotopic (exact) mass is 267 g/mol. The highest BCUT2D eigenvalue weighted by molar-refractivity contribution is 6.74. The second kappa shape index (κ2) is 5.76. The van der Waals surface area contributed by atoms with Crippen LogP contribution < -0.4 is 10.5 Å². The van der Waals surface area contributed by atoms with E-state index in [-0.39, 0.29) is 5.04 Å². The lowest BCUT2D eigenvalue weighted by molar-refractivity contribution is 0.204. The quantitative estimate of drug-likeness (QED) is 0.503. The number of benzene rings is 1. The van der Waals surface area contributed by atoms with Gasteiger partial charge in [-0.05, 0) is 30.3 Å². The molecule has 3 nitrogen and oxygen atoms in total. The molecule has 0 heterocycles. The number of hydrogen-bond acceptors (Lipinski definition) is 3. The van der Waals surface area contributed by atoms with Gasteiger partial charge in [-0.1, -0.05) is 32.9 Å². The normalized spacial score (nSPS) is 12.5. The minimum absolute atomic E-state index is 0.235. The smallest absolute Gasteiger partial charge is 0.192 e. The Morgan fingerprint density at radius 1 is 1.11 bits per heavy atom. The third-order valence-electron chi connectivity index (χ3n) is 3.53. The maximum Gasteiger partial charge on any atom is 0.192 e. The van der Waals surface area contributed by atoms with Crippen LogP contribution in [0.5, 0.6) is 5.75 Å². The van der Waals surface area contributed by atoms with E-state index in [2.05, 4.69) is 33.9 Å². The molecule has 0 saturated carbocycles. The van der Waals surface area contributed by atoms with E-state index in [0.29, 0.717) is 18.9 Å². The summed E-state index contributed by atoms with van der Waals surface area (Å²) in [5, 5.41) is 0.235. The number of nitrogens with two attached hydrogens (primary N) is 1. The van der Waals surface area contributed by atoms with Gasteiger partial charge in [-0.3, -0.25) is 0 Å². The first-order chi connectivity index (χ1) is 8.24. The Kier molecular flexibility index (Phi) is 4.82. The van der Waals surface area contributed by atoms with E-state index in [4.69, 9.17) is 14.9 Å². The van der Waals surface area contributed by atoms with Gasteiger partial charge in [-0.25, -0.2) is 0 Å². The zero-order valence-corrected chi connectivity index (χ0v) is 13.1. The second-order valence-corrected chi connectivity index (χ2v) is 10.8. The molecule has 0 fully saturated rings. The SMILES string of the molecule is CC(C)(C)[Si](C)(C)OCCOc1ccccc1N. The largest absolute Gasteiger partial charge is 0.489 e. The third-order valence-corrected chi connectivity index (χ3v) is 8.07. The van der Waals surface area contributed by atoms with Crippen molar-refractivity contribution in [1.82, 2.24) is 0 Å². The summed E-state index contributed by atoms with van der Waals surface area (Å²) in [5.74, 6) is 0.733. The van der Waals surface area contributed by atoms with Gasteiger partial charge >= 0.3 is 0 Å². The van der Waals surface area contributed by atoms with Gasteiger partial charge in [0.15, 0.2) is 8.32 Å². The number of anilines is 1. The highest BCUT2D eigenvalue weighted by atomic mass is 28.4. The van der Waals surface area contributed by atoms with Gasteiger partial charge in [0.25, 0.3) is 0 Å². The van der Waals surface area contributed by atoms with Gasteiger partial charge in [-0.2, -0.15) is 0 Å². The maximum atomic E-state index is 6.03. The average Bonchev–Trinajstić information content (AvgIpc) is 2.25. The summed E-state index contributed by atoms with van der Waals surface area (Å²) < 4.78 is 11.6. The van der Waals surface area contributed by atoms with Crippen molar-refractivity contribution in [3.63, 3.8) is 0 Å². The summed E-state index contributed by atoms with van der Waals surface area (Å²) in [6.45, 7) is 12.3. The highest BCUT2D eigenvalue weighted by Crippen LogP contribution is 2.36. The average molecular weight is 267 g/mol. The summed E-state index contributed by atoms with van der Waals surface area (Å²) in [7, 11) is -1.67. The number of hydrogen-bond donors (Lipinski definition) is 1. The van der Waals surface area contributed by atoms with Crippen LogP contribution in [0.15, 0.2) is 24.3 Å². The van der Waals surface area contributed by atoms with E-state index in [0.717, 1.165) is 5.75 Å². The van der Waals surface area contributed by atoms with Gasteiger partial charge in [0.1, 0.15) is 12.4 Å². The molecule has 0 aliphatic rings. The van der Waals surface area contributed by atoms with Crippen molar-refractivity contribution in [2.75, 3.05) is 18.9 Å². The Morgan fingerprint density at radius 2 is 1.72 bits per heavy atom. The Bertz CT molecular complexity index is 386. The van der Waals surface area contributed by atoms with Gasteiger partial charge < -0.3 is 14.9 Å². The van der Waals surface area contributed by atoms with E-state index < -0.39 is 8.32 Å². The van der Waals surface area contributed by atoms with Crippen LogP contribution in [0.3, 0.4) is 0 Å².